The van der Waals surface area contributed by atoms with Gasteiger partial charge in [-0.05, 0) is 24.6 Å². The van der Waals surface area contributed by atoms with Gasteiger partial charge in [0.15, 0.2) is 6.61 Å². The number of rotatable bonds is 5. The van der Waals surface area contributed by atoms with Crippen LogP contribution >= 0.6 is 0 Å². The average molecular weight is 436 g/mol. The number of amides is 2. The van der Waals surface area contributed by atoms with Crippen molar-refractivity contribution in [1.82, 2.24) is 14.9 Å². The van der Waals surface area contributed by atoms with E-state index in [4.69, 9.17) is 4.74 Å². The fraction of sp³-hybridized carbons (Fsp3) is 0.400. The van der Waals surface area contributed by atoms with Crippen molar-refractivity contribution in [2.75, 3.05) is 18.1 Å². The zero-order chi connectivity index (χ0) is 22.3. The number of alkyl halides is 3. The number of halogens is 3. The van der Waals surface area contributed by atoms with Crippen LogP contribution in [-0.4, -0.2) is 57.2 Å². The van der Waals surface area contributed by atoms with Gasteiger partial charge in [0.25, 0.3) is 5.91 Å². The number of nitrogens with zero attached hydrogens (tertiary/aromatic N) is 4. The first-order valence-corrected chi connectivity index (χ1v) is 9.53. The minimum absolute atomic E-state index is 0.0106. The molecule has 31 heavy (non-hydrogen) atoms. The standard InChI is InChI=1S/C20H19F3N4O4/c1-11-4-12(6-25-18(11)31-10-20(21,22)23)7-26-9-15-14(19(26)30)2-3-24-17(15)27-8-13(28)5-16(27)29/h2-4,6,13,28H,5,7-10H2,1H3/t13-/m1/s1. The molecule has 1 fully saturated rings. The topological polar surface area (TPSA) is 95.9 Å². The van der Waals surface area contributed by atoms with Crippen LogP contribution in [0.15, 0.2) is 24.5 Å². The van der Waals surface area contributed by atoms with E-state index in [9.17, 15) is 27.9 Å². The summed E-state index contributed by atoms with van der Waals surface area (Å²) in [5.74, 6) is -0.260. The molecule has 2 aromatic heterocycles. The van der Waals surface area contributed by atoms with Gasteiger partial charge in [0.2, 0.25) is 11.8 Å². The van der Waals surface area contributed by atoms with Gasteiger partial charge in [-0.2, -0.15) is 13.2 Å². The summed E-state index contributed by atoms with van der Waals surface area (Å²) in [5, 5.41) is 9.76. The number of β-amino-alcohol motifs (C(OH)–C–C–N with tert-alkyl or cyclic N) is 1. The molecule has 2 aromatic rings. The minimum Gasteiger partial charge on any atom is -0.468 e. The molecule has 0 unspecified atom stereocenters. The number of fused-ring (bicyclic) bond motifs is 1. The molecular weight excluding hydrogens is 417 g/mol. The van der Waals surface area contributed by atoms with Gasteiger partial charge < -0.3 is 14.7 Å². The molecule has 0 aliphatic carbocycles. The third-order valence-electron chi connectivity index (χ3n) is 5.09. The maximum Gasteiger partial charge on any atom is 0.422 e. The number of aliphatic hydroxyl groups is 1. The lowest BCUT2D eigenvalue weighted by Crippen LogP contribution is -2.27. The molecule has 1 N–H and O–H groups in total. The van der Waals surface area contributed by atoms with E-state index in [1.165, 1.54) is 17.3 Å². The number of pyridine rings is 2. The highest BCUT2D eigenvalue weighted by Crippen LogP contribution is 2.33. The lowest BCUT2D eigenvalue weighted by Gasteiger charge is -2.19. The van der Waals surface area contributed by atoms with Crippen molar-refractivity contribution in [2.45, 2.75) is 38.7 Å². The van der Waals surface area contributed by atoms with Crippen LogP contribution < -0.4 is 9.64 Å². The Morgan fingerprint density at radius 2 is 2.06 bits per heavy atom. The van der Waals surface area contributed by atoms with E-state index in [-0.39, 0.29) is 43.7 Å². The van der Waals surface area contributed by atoms with E-state index >= 15 is 0 Å². The molecule has 1 atom stereocenters. The van der Waals surface area contributed by atoms with Crippen LogP contribution in [0.2, 0.25) is 0 Å². The van der Waals surface area contributed by atoms with Crippen molar-refractivity contribution in [3.63, 3.8) is 0 Å². The smallest absolute Gasteiger partial charge is 0.422 e. The number of aryl methyl sites for hydroxylation is 1. The molecule has 164 valence electrons. The zero-order valence-electron chi connectivity index (χ0n) is 16.5. The molecule has 0 aromatic carbocycles. The van der Waals surface area contributed by atoms with Crippen LogP contribution in [0.4, 0.5) is 19.0 Å². The summed E-state index contributed by atoms with van der Waals surface area (Å²) in [6, 6.07) is 3.20. The molecule has 2 aliphatic rings. The summed E-state index contributed by atoms with van der Waals surface area (Å²) >= 11 is 0. The molecule has 0 bridgehead atoms. The fourth-order valence-corrected chi connectivity index (χ4v) is 3.75. The fourth-order valence-electron chi connectivity index (χ4n) is 3.75. The first kappa shape index (κ1) is 21.0. The zero-order valence-corrected chi connectivity index (χ0v) is 16.5. The van der Waals surface area contributed by atoms with Gasteiger partial charge in [-0.1, -0.05) is 0 Å². The van der Waals surface area contributed by atoms with Gasteiger partial charge >= 0.3 is 6.18 Å². The number of ether oxygens (including phenoxy) is 1. The first-order valence-electron chi connectivity index (χ1n) is 9.53. The number of hydrogen-bond donors (Lipinski definition) is 1. The van der Waals surface area contributed by atoms with Crippen LogP contribution in [0.1, 0.15) is 33.5 Å². The Balaban J connectivity index is 1.50. The Hall–Kier alpha value is -3.21. The molecule has 0 saturated carbocycles. The molecule has 0 spiro atoms. The second-order valence-corrected chi connectivity index (χ2v) is 7.55. The quantitative estimate of drug-likeness (QED) is 0.770. The Bertz CT molecular complexity index is 1040. The summed E-state index contributed by atoms with van der Waals surface area (Å²) in [4.78, 5) is 36.1. The molecule has 4 rings (SSSR count). The van der Waals surface area contributed by atoms with Crippen molar-refractivity contribution in [2.24, 2.45) is 0 Å². The van der Waals surface area contributed by atoms with Crippen molar-refractivity contribution < 1.29 is 32.6 Å². The highest BCUT2D eigenvalue weighted by atomic mass is 19.4. The summed E-state index contributed by atoms with van der Waals surface area (Å²) < 4.78 is 41.7. The van der Waals surface area contributed by atoms with Crippen molar-refractivity contribution in [3.8, 4) is 5.88 Å². The number of aliphatic hydroxyl groups excluding tert-OH is 1. The second kappa shape index (κ2) is 7.80. The van der Waals surface area contributed by atoms with E-state index in [1.54, 1.807) is 24.0 Å². The van der Waals surface area contributed by atoms with Crippen LogP contribution in [0.5, 0.6) is 5.88 Å². The normalized spacial score (nSPS) is 18.7. The largest absolute Gasteiger partial charge is 0.468 e. The second-order valence-electron chi connectivity index (χ2n) is 7.55. The Morgan fingerprint density at radius 3 is 2.71 bits per heavy atom. The maximum atomic E-state index is 12.9. The third-order valence-corrected chi connectivity index (χ3v) is 5.09. The summed E-state index contributed by atoms with van der Waals surface area (Å²) in [5.41, 5.74) is 2.07. The summed E-state index contributed by atoms with van der Waals surface area (Å²) in [7, 11) is 0. The number of carbonyl (C=O) groups is 2. The molecule has 2 amide bonds. The summed E-state index contributed by atoms with van der Waals surface area (Å²) in [6.07, 6.45) is -2.40. The van der Waals surface area contributed by atoms with Crippen LogP contribution in [0, 0.1) is 6.92 Å². The minimum atomic E-state index is -4.46. The number of aromatic nitrogens is 2. The highest BCUT2D eigenvalue weighted by Gasteiger charge is 2.36. The lowest BCUT2D eigenvalue weighted by atomic mass is 10.1. The van der Waals surface area contributed by atoms with Gasteiger partial charge in [-0.15, -0.1) is 0 Å². The lowest BCUT2D eigenvalue weighted by molar-refractivity contribution is -0.154. The number of anilines is 1. The van der Waals surface area contributed by atoms with Crippen LogP contribution in [-0.2, 0) is 17.9 Å². The van der Waals surface area contributed by atoms with Crippen molar-refractivity contribution in [3.05, 3.63) is 46.8 Å². The highest BCUT2D eigenvalue weighted by molar-refractivity contribution is 6.02. The van der Waals surface area contributed by atoms with Gasteiger partial charge in [0.05, 0.1) is 25.6 Å². The average Bonchev–Trinajstić information content (AvgIpc) is 3.19. The molecule has 0 radical (unpaired) electrons. The molecular formula is C20H19F3N4O4. The van der Waals surface area contributed by atoms with E-state index in [0.29, 0.717) is 28.1 Å². The predicted octanol–water partition coefficient (Wildman–Crippen LogP) is 1.98. The monoisotopic (exact) mass is 436 g/mol. The van der Waals surface area contributed by atoms with Crippen molar-refractivity contribution >= 4 is 17.6 Å². The molecule has 2 aliphatic heterocycles. The van der Waals surface area contributed by atoms with E-state index in [2.05, 4.69) is 9.97 Å². The molecule has 4 heterocycles. The Labute approximate surface area is 175 Å². The van der Waals surface area contributed by atoms with E-state index < -0.39 is 18.9 Å². The number of hydrogen-bond acceptors (Lipinski definition) is 6. The van der Waals surface area contributed by atoms with Crippen molar-refractivity contribution in [1.29, 1.82) is 0 Å². The third kappa shape index (κ3) is 4.31. The van der Waals surface area contributed by atoms with Gasteiger partial charge in [0.1, 0.15) is 5.82 Å². The van der Waals surface area contributed by atoms with Gasteiger partial charge in [-0.3, -0.25) is 14.5 Å². The SMILES string of the molecule is Cc1cc(CN2Cc3c(ccnc3N3C[C@H](O)CC3=O)C2=O)cnc1OCC(F)(F)F. The molecule has 11 heteroatoms. The maximum absolute atomic E-state index is 12.9. The molecule has 8 nitrogen and oxygen atoms in total. The van der Waals surface area contributed by atoms with Gasteiger partial charge in [0, 0.05) is 35.6 Å². The van der Waals surface area contributed by atoms with Gasteiger partial charge in [-0.25, -0.2) is 9.97 Å². The first-order chi connectivity index (χ1) is 14.6. The van der Waals surface area contributed by atoms with Crippen LogP contribution in [0.3, 0.4) is 0 Å². The van der Waals surface area contributed by atoms with Crippen LogP contribution in [0.25, 0.3) is 0 Å². The number of carbonyl (C=O) groups excluding carboxylic acids is 2. The molecule has 1 saturated heterocycles. The Kier molecular flexibility index (Phi) is 5.29. The van der Waals surface area contributed by atoms with E-state index in [1.807, 2.05) is 0 Å². The van der Waals surface area contributed by atoms with E-state index in [0.717, 1.165) is 0 Å². The predicted molar refractivity (Wildman–Crippen MR) is 101 cm³/mol. The summed E-state index contributed by atoms with van der Waals surface area (Å²) in [6.45, 7) is 0.660. The Morgan fingerprint density at radius 1 is 1.29 bits per heavy atom.